The van der Waals surface area contributed by atoms with Crippen molar-refractivity contribution in [2.75, 3.05) is 0 Å². The standard InChI is InChI=1S/C13H20ClNO/c1-3-4-5-6-12(15)11-8-10(14)7-9(2)13(11)16/h7-8,12,16H,3-6,15H2,1-2H3/t12-/m0/s1. The summed E-state index contributed by atoms with van der Waals surface area (Å²) in [4.78, 5) is 0. The van der Waals surface area contributed by atoms with Gasteiger partial charge < -0.3 is 10.8 Å². The average Bonchev–Trinajstić information content (AvgIpc) is 2.23. The Kier molecular flexibility index (Phi) is 5.10. The molecule has 1 rings (SSSR count). The Morgan fingerprint density at radius 2 is 2.06 bits per heavy atom. The molecule has 2 nitrogen and oxygen atoms in total. The van der Waals surface area contributed by atoms with Gasteiger partial charge in [0.05, 0.1) is 0 Å². The summed E-state index contributed by atoms with van der Waals surface area (Å²) in [5, 5.41) is 10.5. The quantitative estimate of drug-likeness (QED) is 0.768. The first-order valence-corrected chi connectivity index (χ1v) is 6.18. The number of halogens is 1. The van der Waals surface area contributed by atoms with E-state index in [1.54, 1.807) is 12.1 Å². The number of phenols is 1. The van der Waals surface area contributed by atoms with Crippen LogP contribution in [0.3, 0.4) is 0 Å². The molecular formula is C13H20ClNO. The van der Waals surface area contributed by atoms with Crippen molar-refractivity contribution < 1.29 is 5.11 Å². The molecule has 0 aliphatic carbocycles. The van der Waals surface area contributed by atoms with Crippen molar-refractivity contribution >= 4 is 11.6 Å². The zero-order valence-electron chi connectivity index (χ0n) is 9.96. The predicted octanol–water partition coefficient (Wildman–Crippen LogP) is 3.93. The molecular weight excluding hydrogens is 222 g/mol. The molecule has 0 heterocycles. The highest BCUT2D eigenvalue weighted by Gasteiger charge is 2.13. The number of aromatic hydroxyl groups is 1. The third-order valence-corrected chi connectivity index (χ3v) is 3.03. The Morgan fingerprint density at radius 1 is 1.38 bits per heavy atom. The van der Waals surface area contributed by atoms with Crippen LogP contribution in [0.15, 0.2) is 12.1 Å². The second-order valence-electron chi connectivity index (χ2n) is 4.26. The SMILES string of the molecule is CCCCC[C@H](N)c1cc(Cl)cc(C)c1O. The third-order valence-electron chi connectivity index (χ3n) is 2.81. The summed E-state index contributed by atoms with van der Waals surface area (Å²) in [6.45, 7) is 4.00. The van der Waals surface area contributed by atoms with Crippen LogP contribution >= 0.6 is 11.6 Å². The first kappa shape index (κ1) is 13.3. The maximum atomic E-state index is 9.91. The molecule has 0 amide bonds. The number of benzene rings is 1. The Bertz CT molecular complexity index is 352. The Balaban J connectivity index is 2.78. The van der Waals surface area contributed by atoms with E-state index in [-0.39, 0.29) is 11.8 Å². The molecule has 1 aromatic rings. The molecule has 0 fully saturated rings. The van der Waals surface area contributed by atoms with Crippen molar-refractivity contribution in [2.45, 2.75) is 45.6 Å². The first-order valence-electron chi connectivity index (χ1n) is 5.80. The molecule has 3 heteroatoms. The fraction of sp³-hybridized carbons (Fsp3) is 0.538. The molecule has 0 aromatic heterocycles. The predicted molar refractivity (Wildman–Crippen MR) is 68.9 cm³/mol. The van der Waals surface area contributed by atoms with Crippen molar-refractivity contribution in [3.8, 4) is 5.75 Å². The van der Waals surface area contributed by atoms with Crippen molar-refractivity contribution in [3.63, 3.8) is 0 Å². The van der Waals surface area contributed by atoms with Gasteiger partial charge in [0, 0.05) is 16.6 Å². The number of phenolic OH excluding ortho intramolecular Hbond substituents is 1. The van der Waals surface area contributed by atoms with Gasteiger partial charge in [-0.15, -0.1) is 0 Å². The number of rotatable bonds is 5. The van der Waals surface area contributed by atoms with E-state index in [9.17, 15) is 5.11 Å². The zero-order chi connectivity index (χ0) is 12.1. The molecule has 0 bridgehead atoms. The van der Waals surface area contributed by atoms with Gasteiger partial charge in [0.2, 0.25) is 0 Å². The smallest absolute Gasteiger partial charge is 0.123 e. The number of aryl methyl sites for hydroxylation is 1. The van der Waals surface area contributed by atoms with E-state index in [1.807, 2.05) is 6.92 Å². The van der Waals surface area contributed by atoms with Gasteiger partial charge in [-0.25, -0.2) is 0 Å². The monoisotopic (exact) mass is 241 g/mol. The van der Waals surface area contributed by atoms with Crippen LogP contribution in [0, 0.1) is 6.92 Å². The summed E-state index contributed by atoms with van der Waals surface area (Å²) >= 11 is 5.96. The summed E-state index contributed by atoms with van der Waals surface area (Å²) in [6.07, 6.45) is 4.32. The lowest BCUT2D eigenvalue weighted by atomic mass is 9.98. The Hall–Kier alpha value is -0.730. The van der Waals surface area contributed by atoms with Gasteiger partial charge in [-0.1, -0.05) is 37.8 Å². The van der Waals surface area contributed by atoms with Crippen molar-refractivity contribution in [3.05, 3.63) is 28.3 Å². The zero-order valence-corrected chi connectivity index (χ0v) is 10.7. The Morgan fingerprint density at radius 3 is 2.69 bits per heavy atom. The summed E-state index contributed by atoms with van der Waals surface area (Å²) < 4.78 is 0. The maximum Gasteiger partial charge on any atom is 0.123 e. The van der Waals surface area contributed by atoms with Crippen LogP contribution in [0.2, 0.25) is 5.02 Å². The topological polar surface area (TPSA) is 46.2 Å². The van der Waals surface area contributed by atoms with E-state index < -0.39 is 0 Å². The molecule has 0 radical (unpaired) electrons. The van der Waals surface area contributed by atoms with Crippen LogP contribution in [0.4, 0.5) is 0 Å². The van der Waals surface area contributed by atoms with E-state index >= 15 is 0 Å². The average molecular weight is 242 g/mol. The molecule has 0 aliphatic heterocycles. The highest BCUT2D eigenvalue weighted by Crippen LogP contribution is 2.32. The normalized spacial score (nSPS) is 12.8. The van der Waals surface area contributed by atoms with Crippen LogP contribution in [0.5, 0.6) is 5.75 Å². The maximum absolute atomic E-state index is 9.91. The van der Waals surface area contributed by atoms with Crippen LogP contribution in [0.25, 0.3) is 0 Å². The van der Waals surface area contributed by atoms with Crippen LogP contribution < -0.4 is 5.73 Å². The van der Waals surface area contributed by atoms with E-state index in [2.05, 4.69) is 6.92 Å². The van der Waals surface area contributed by atoms with Gasteiger partial charge in [-0.05, 0) is 31.0 Å². The molecule has 16 heavy (non-hydrogen) atoms. The van der Waals surface area contributed by atoms with Gasteiger partial charge in [0.15, 0.2) is 0 Å². The summed E-state index contributed by atoms with van der Waals surface area (Å²) in [7, 11) is 0. The van der Waals surface area contributed by atoms with Crippen molar-refractivity contribution in [1.29, 1.82) is 0 Å². The van der Waals surface area contributed by atoms with Crippen LogP contribution in [-0.4, -0.2) is 5.11 Å². The summed E-state index contributed by atoms with van der Waals surface area (Å²) in [5.74, 6) is 0.286. The molecule has 90 valence electrons. The summed E-state index contributed by atoms with van der Waals surface area (Å²) in [6, 6.07) is 3.39. The second-order valence-corrected chi connectivity index (χ2v) is 4.70. The highest BCUT2D eigenvalue weighted by atomic mass is 35.5. The minimum Gasteiger partial charge on any atom is -0.507 e. The van der Waals surface area contributed by atoms with Crippen molar-refractivity contribution in [2.24, 2.45) is 5.73 Å². The lowest BCUT2D eigenvalue weighted by Crippen LogP contribution is -2.10. The van der Waals surface area contributed by atoms with E-state index in [0.29, 0.717) is 5.02 Å². The number of unbranched alkanes of at least 4 members (excludes halogenated alkanes) is 2. The highest BCUT2D eigenvalue weighted by molar-refractivity contribution is 6.30. The van der Waals surface area contributed by atoms with E-state index in [4.69, 9.17) is 17.3 Å². The molecule has 0 unspecified atom stereocenters. The Labute approximate surface area is 102 Å². The molecule has 0 aliphatic rings. The van der Waals surface area contributed by atoms with Gasteiger partial charge in [-0.2, -0.15) is 0 Å². The van der Waals surface area contributed by atoms with Gasteiger partial charge in [-0.3, -0.25) is 0 Å². The molecule has 3 N–H and O–H groups in total. The minimum absolute atomic E-state index is 0.121. The number of hydrogen-bond acceptors (Lipinski definition) is 2. The van der Waals surface area contributed by atoms with Crippen LogP contribution in [0.1, 0.15) is 49.8 Å². The van der Waals surface area contributed by atoms with Gasteiger partial charge in [0.1, 0.15) is 5.75 Å². The van der Waals surface area contributed by atoms with Gasteiger partial charge >= 0.3 is 0 Å². The lowest BCUT2D eigenvalue weighted by molar-refractivity contribution is 0.452. The van der Waals surface area contributed by atoms with E-state index in [1.165, 1.54) is 12.8 Å². The molecule has 1 aromatic carbocycles. The largest absolute Gasteiger partial charge is 0.507 e. The van der Waals surface area contributed by atoms with E-state index in [0.717, 1.165) is 24.0 Å². The number of nitrogens with two attached hydrogens (primary N) is 1. The van der Waals surface area contributed by atoms with Gasteiger partial charge in [0.25, 0.3) is 0 Å². The third kappa shape index (κ3) is 3.39. The second kappa shape index (κ2) is 6.12. The van der Waals surface area contributed by atoms with Crippen molar-refractivity contribution in [1.82, 2.24) is 0 Å². The molecule has 0 spiro atoms. The molecule has 0 saturated heterocycles. The first-order chi connectivity index (χ1) is 7.56. The molecule has 1 atom stereocenters. The number of hydrogen-bond donors (Lipinski definition) is 2. The lowest BCUT2D eigenvalue weighted by Gasteiger charge is -2.15. The molecule has 0 saturated carbocycles. The van der Waals surface area contributed by atoms with Crippen LogP contribution in [-0.2, 0) is 0 Å². The fourth-order valence-corrected chi connectivity index (χ4v) is 2.10. The minimum atomic E-state index is -0.121. The summed E-state index contributed by atoms with van der Waals surface area (Å²) in [5.41, 5.74) is 7.61. The fourth-order valence-electron chi connectivity index (χ4n) is 1.81.